The number of aromatic nitrogens is 4. The Morgan fingerprint density at radius 2 is 2.07 bits per heavy atom. The molecule has 0 aliphatic carbocycles. The predicted molar refractivity (Wildman–Crippen MR) is 114 cm³/mol. The summed E-state index contributed by atoms with van der Waals surface area (Å²) in [5.74, 6) is 2.40. The molecule has 3 aromatic rings. The van der Waals surface area contributed by atoms with Crippen LogP contribution in [0.2, 0.25) is 0 Å². The first-order chi connectivity index (χ1) is 14.2. The average molecular weight is 396 g/mol. The number of benzene rings is 1. The van der Waals surface area contributed by atoms with Gasteiger partial charge >= 0.3 is 0 Å². The lowest BCUT2D eigenvalue weighted by Gasteiger charge is -2.26. The first-order valence-electron chi connectivity index (χ1n) is 10.2. The third-order valence-electron chi connectivity index (χ3n) is 5.23. The highest BCUT2D eigenvalue weighted by Crippen LogP contribution is 2.32. The number of hydrogen-bond acceptors (Lipinski definition) is 7. The van der Waals surface area contributed by atoms with Crippen molar-refractivity contribution >= 4 is 22.9 Å². The summed E-state index contributed by atoms with van der Waals surface area (Å²) < 4.78 is 7.88. The summed E-state index contributed by atoms with van der Waals surface area (Å²) in [7, 11) is 0. The summed E-state index contributed by atoms with van der Waals surface area (Å²) in [5.41, 5.74) is 1.56. The highest BCUT2D eigenvalue weighted by molar-refractivity contribution is 5.85. The van der Waals surface area contributed by atoms with Gasteiger partial charge in [-0.05, 0) is 38.8 Å². The van der Waals surface area contributed by atoms with E-state index < -0.39 is 0 Å². The van der Waals surface area contributed by atoms with E-state index >= 15 is 0 Å². The molecule has 3 heterocycles. The molecular formula is C21H28N6O2. The number of aliphatic hydroxyl groups is 1. The van der Waals surface area contributed by atoms with Crippen molar-refractivity contribution < 1.29 is 9.84 Å². The molecule has 1 unspecified atom stereocenters. The van der Waals surface area contributed by atoms with Crippen LogP contribution in [0.4, 0.5) is 11.8 Å². The smallest absolute Gasteiger partial charge is 0.208 e. The van der Waals surface area contributed by atoms with Gasteiger partial charge in [-0.15, -0.1) is 0 Å². The minimum Gasteiger partial charge on any atom is -0.492 e. The number of anilines is 2. The lowest BCUT2D eigenvalue weighted by Crippen LogP contribution is -2.34. The van der Waals surface area contributed by atoms with Gasteiger partial charge in [-0.25, -0.2) is 15.0 Å². The minimum atomic E-state index is 0.105. The van der Waals surface area contributed by atoms with Crippen LogP contribution in [0, 0.1) is 0 Å². The van der Waals surface area contributed by atoms with E-state index in [9.17, 15) is 5.11 Å². The molecule has 2 aromatic heterocycles. The van der Waals surface area contributed by atoms with Crippen molar-refractivity contribution in [3.63, 3.8) is 0 Å². The Bertz CT molecular complexity index is 943. The Hall–Kier alpha value is -2.87. The van der Waals surface area contributed by atoms with Gasteiger partial charge in [-0.2, -0.15) is 0 Å². The molecule has 1 fully saturated rings. The minimum absolute atomic E-state index is 0.105. The molecule has 0 spiro atoms. The zero-order chi connectivity index (χ0) is 20.2. The van der Waals surface area contributed by atoms with Crippen LogP contribution >= 0.6 is 0 Å². The topological polar surface area (TPSA) is 88.3 Å². The summed E-state index contributed by atoms with van der Waals surface area (Å²) >= 11 is 0. The standard InChI is InChI=1S/C21H28N6O2/c1-15(2)27-20-18(25-21(27)26-11-6-7-16(26)13-28)19(23-14-24-20)22-10-12-29-17-8-4-3-5-9-17/h3-5,8-9,14-16,28H,6-7,10-13H2,1-2H3,(H,22,23,24). The van der Waals surface area contributed by atoms with E-state index in [-0.39, 0.29) is 18.7 Å². The molecular weight excluding hydrogens is 368 g/mol. The van der Waals surface area contributed by atoms with Crippen molar-refractivity contribution in [3.8, 4) is 5.75 Å². The Labute approximate surface area is 170 Å². The average Bonchev–Trinajstić information content (AvgIpc) is 3.36. The van der Waals surface area contributed by atoms with Crippen LogP contribution in [0.5, 0.6) is 5.75 Å². The monoisotopic (exact) mass is 396 g/mol. The number of fused-ring (bicyclic) bond motifs is 1. The second-order valence-electron chi connectivity index (χ2n) is 7.53. The maximum atomic E-state index is 9.76. The molecule has 1 atom stereocenters. The van der Waals surface area contributed by atoms with Gasteiger partial charge in [0, 0.05) is 12.6 Å². The third kappa shape index (κ3) is 3.98. The van der Waals surface area contributed by atoms with Gasteiger partial charge < -0.3 is 20.1 Å². The molecule has 1 aliphatic heterocycles. The summed E-state index contributed by atoms with van der Waals surface area (Å²) in [6.45, 7) is 6.40. The molecule has 8 heteroatoms. The number of nitrogens with one attached hydrogen (secondary N) is 1. The van der Waals surface area contributed by atoms with E-state index in [0.29, 0.717) is 19.0 Å². The molecule has 0 saturated carbocycles. The Morgan fingerprint density at radius 1 is 1.24 bits per heavy atom. The van der Waals surface area contributed by atoms with Gasteiger partial charge in [0.1, 0.15) is 18.7 Å². The quantitative estimate of drug-likeness (QED) is 0.566. The van der Waals surface area contributed by atoms with Crippen LogP contribution in [-0.2, 0) is 0 Å². The van der Waals surface area contributed by atoms with Crippen molar-refractivity contribution in [2.75, 3.05) is 36.5 Å². The number of rotatable bonds is 8. The van der Waals surface area contributed by atoms with E-state index in [1.54, 1.807) is 6.33 Å². The molecule has 0 bridgehead atoms. The van der Waals surface area contributed by atoms with E-state index in [1.165, 1.54) is 0 Å². The molecule has 154 valence electrons. The summed E-state index contributed by atoms with van der Waals surface area (Å²) in [5, 5.41) is 13.1. The normalized spacial score (nSPS) is 16.7. The fourth-order valence-electron chi connectivity index (χ4n) is 3.85. The highest BCUT2D eigenvalue weighted by atomic mass is 16.5. The van der Waals surface area contributed by atoms with Gasteiger partial charge in [0.25, 0.3) is 0 Å². The maximum Gasteiger partial charge on any atom is 0.208 e. The van der Waals surface area contributed by atoms with Crippen LogP contribution in [0.15, 0.2) is 36.7 Å². The zero-order valence-corrected chi connectivity index (χ0v) is 17.0. The van der Waals surface area contributed by atoms with Gasteiger partial charge in [0.2, 0.25) is 5.95 Å². The Kier molecular flexibility index (Phi) is 5.80. The van der Waals surface area contributed by atoms with Crippen molar-refractivity contribution in [3.05, 3.63) is 36.7 Å². The van der Waals surface area contributed by atoms with E-state index in [4.69, 9.17) is 9.72 Å². The van der Waals surface area contributed by atoms with Crippen LogP contribution < -0.4 is 15.0 Å². The summed E-state index contributed by atoms with van der Waals surface area (Å²) in [6, 6.07) is 10.0. The van der Waals surface area contributed by atoms with Crippen LogP contribution in [-0.4, -0.2) is 57.0 Å². The molecule has 29 heavy (non-hydrogen) atoms. The van der Waals surface area contributed by atoms with Gasteiger partial charge in [0.15, 0.2) is 17.0 Å². The van der Waals surface area contributed by atoms with E-state index in [1.807, 2.05) is 30.3 Å². The fraction of sp³-hybridized carbons (Fsp3) is 0.476. The van der Waals surface area contributed by atoms with Gasteiger partial charge in [0.05, 0.1) is 19.2 Å². The molecule has 0 radical (unpaired) electrons. The van der Waals surface area contributed by atoms with Crippen LogP contribution in [0.1, 0.15) is 32.7 Å². The molecule has 4 rings (SSSR count). The number of aliphatic hydroxyl groups excluding tert-OH is 1. The maximum absolute atomic E-state index is 9.76. The fourth-order valence-corrected chi connectivity index (χ4v) is 3.85. The summed E-state index contributed by atoms with van der Waals surface area (Å²) in [6.07, 6.45) is 3.60. The SMILES string of the molecule is CC(C)n1c(N2CCCC2CO)nc2c(NCCOc3ccccc3)ncnc21. The lowest BCUT2D eigenvalue weighted by atomic mass is 10.2. The molecule has 1 aliphatic rings. The molecule has 1 saturated heterocycles. The van der Waals surface area contributed by atoms with E-state index in [0.717, 1.165) is 42.2 Å². The first kappa shape index (κ1) is 19.4. The van der Waals surface area contributed by atoms with Gasteiger partial charge in [-0.3, -0.25) is 4.57 Å². The van der Waals surface area contributed by atoms with Crippen molar-refractivity contribution in [1.82, 2.24) is 19.5 Å². The number of imidazole rings is 1. The second kappa shape index (κ2) is 8.65. The molecule has 8 nitrogen and oxygen atoms in total. The Balaban J connectivity index is 1.56. The van der Waals surface area contributed by atoms with Crippen LogP contribution in [0.3, 0.4) is 0 Å². The number of hydrogen-bond donors (Lipinski definition) is 2. The molecule has 1 aromatic carbocycles. The highest BCUT2D eigenvalue weighted by Gasteiger charge is 2.30. The van der Waals surface area contributed by atoms with Crippen molar-refractivity contribution in [2.45, 2.75) is 38.8 Å². The Morgan fingerprint density at radius 3 is 2.83 bits per heavy atom. The van der Waals surface area contributed by atoms with Crippen molar-refractivity contribution in [1.29, 1.82) is 0 Å². The van der Waals surface area contributed by atoms with Crippen molar-refractivity contribution in [2.24, 2.45) is 0 Å². The third-order valence-corrected chi connectivity index (χ3v) is 5.23. The number of nitrogens with zero attached hydrogens (tertiary/aromatic N) is 5. The molecule has 0 amide bonds. The second-order valence-corrected chi connectivity index (χ2v) is 7.53. The zero-order valence-electron chi connectivity index (χ0n) is 17.0. The lowest BCUT2D eigenvalue weighted by molar-refractivity contribution is 0.265. The van der Waals surface area contributed by atoms with Gasteiger partial charge in [-0.1, -0.05) is 18.2 Å². The predicted octanol–water partition coefficient (Wildman–Crippen LogP) is 2.86. The first-order valence-corrected chi connectivity index (χ1v) is 10.2. The van der Waals surface area contributed by atoms with E-state index in [2.05, 4.69) is 38.6 Å². The largest absolute Gasteiger partial charge is 0.492 e. The number of ether oxygens (including phenoxy) is 1. The van der Waals surface area contributed by atoms with Crippen LogP contribution in [0.25, 0.3) is 11.2 Å². The summed E-state index contributed by atoms with van der Waals surface area (Å²) in [4.78, 5) is 16.0. The molecule has 2 N–H and O–H groups in total. The number of para-hydroxylation sites is 1.